The lowest BCUT2D eigenvalue weighted by atomic mass is 10.2. The van der Waals surface area contributed by atoms with Crippen LogP contribution in [0.25, 0.3) is 0 Å². The summed E-state index contributed by atoms with van der Waals surface area (Å²) in [6, 6.07) is 7.54. The van der Waals surface area contributed by atoms with E-state index in [-0.39, 0.29) is 5.78 Å². The Hall–Kier alpha value is -1.06. The third kappa shape index (κ3) is 2.54. The highest BCUT2D eigenvalue weighted by molar-refractivity contribution is 8.14. The molecule has 1 aliphatic heterocycles. The van der Waals surface area contributed by atoms with Gasteiger partial charge in [0.15, 0.2) is 5.78 Å². The van der Waals surface area contributed by atoms with Crippen LogP contribution in [0.5, 0.6) is 0 Å². The highest BCUT2D eigenvalue weighted by atomic mass is 35.5. The van der Waals surface area contributed by atoms with Gasteiger partial charge in [-0.15, -0.1) is 11.8 Å². The van der Waals surface area contributed by atoms with E-state index in [0.29, 0.717) is 10.8 Å². The van der Waals surface area contributed by atoms with Crippen LogP contribution in [-0.2, 0) is 4.79 Å². The largest absolute Gasteiger partial charge is 0.295 e. The predicted octanol–water partition coefficient (Wildman–Crippen LogP) is 3.31. The van der Waals surface area contributed by atoms with Crippen molar-refractivity contribution < 1.29 is 4.79 Å². The predicted molar refractivity (Wildman–Crippen MR) is 69.2 cm³/mol. The molecular formula is C12H10ClNOS. The van der Waals surface area contributed by atoms with E-state index in [4.69, 9.17) is 11.6 Å². The molecule has 0 saturated carbocycles. The topological polar surface area (TPSA) is 29.4 Å². The highest BCUT2D eigenvalue weighted by Gasteiger charge is 2.13. The van der Waals surface area contributed by atoms with Crippen LogP contribution in [0.15, 0.2) is 41.0 Å². The number of thioether (sulfide) groups is 1. The molecule has 0 amide bonds. The number of hydrogen-bond acceptors (Lipinski definition) is 3. The Morgan fingerprint density at radius 1 is 1.38 bits per heavy atom. The number of Topliss-reactive ketones (excluding diaryl/α,β-unsaturated/α-hetero) is 1. The van der Waals surface area contributed by atoms with Gasteiger partial charge >= 0.3 is 0 Å². The quantitative estimate of drug-likeness (QED) is 0.807. The van der Waals surface area contributed by atoms with Crippen molar-refractivity contribution in [3.8, 4) is 0 Å². The van der Waals surface area contributed by atoms with E-state index < -0.39 is 0 Å². The first-order valence-electron chi connectivity index (χ1n) is 4.83. The molecule has 0 aromatic heterocycles. The fourth-order valence-electron chi connectivity index (χ4n) is 1.30. The molecule has 1 heterocycles. The van der Waals surface area contributed by atoms with Gasteiger partial charge < -0.3 is 0 Å². The van der Waals surface area contributed by atoms with E-state index in [2.05, 4.69) is 4.99 Å². The molecule has 1 aliphatic rings. The van der Waals surface area contributed by atoms with Crippen LogP contribution < -0.4 is 0 Å². The number of rotatable bonds is 2. The van der Waals surface area contributed by atoms with Crippen molar-refractivity contribution in [3.63, 3.8) is 0 Å². The van der Waals surface area contributed by atoms with Gasteiger partial charge in [0.05, 0.1) is 0 Å². The zero-order chi connectivity index (χ0) is 11.5. The van der Waals surface area contributed by atoms with Gasteiger partial charge in [0.2, 0.25) is 0 Å². The van der Waals surface area contributed by atoms with Crippen LogP contribution >= 0.6 is 23.4 Å². The van der Waals surface area contributed by atoms with E-state index in [9.17, 15) is 4.79 Å². The van der Waals surface area contributed by atoms with Crippen LogP contribution in [0.3, 0.4) is 0 Å². The summed E-state index contributed by atoms with van der Waals surface area (Å²) in [6.45, 7) is 1.56. The fraction of sp³-hybridized carbons (Fsp3) is 0.167. The molecule has 1 aromatic rings. The number of carbonyl (C=O) groups excluding carboxylic acids is 1. The van der Waals surface area contributed by atoms with Gasteiger partial charge in [-0.3, -0.25) is 4.79 Å². The lowest BCUT2D eigenvalue weighted by Crippen LogP contribution is -2.07. The van der Waals surface area contributed by atoms with Gasteiger partial charge in [-0.05, 0) is 19.1 Å². The number of benzene rings is 1. The molecule has 0 unspecified atom stereocenters. The number of ketones is 1. The molecule has 4 heteroatoms. The second kappa shape index (κ2) is 4.85. The number of aliphatic imine (C=N–C) groups is 1. The lowest BCUT2D eigenvalue weighted by molar-refractivity contribution is -0.113. The van der Waals surface area contributed by atoms with E-state index >= 15 is 0 Å². The van der Waals surface area contributed by atoms with Crippen molar-refractivity contribution in [2.75, 3.05) is 5.75 Å². The van der Waals surface area contributed by atoms with Gasteiger partial charge in [0.1, 0.15) is 5.04 Å². The molecule has 0 spiro atoms. The Labute approximate surface area is 103 Å². The molecule has 0 radical (unpaired) electrons. The standard InChI is InChI=1S/C12H10ClNOS/c1-8(15)10-6-14-12(16-7-10)9-2-4-11(13)5-3-9/h2-6H,7H2,1H3. The first kappa shape index (κ1) is 11.4. The monoisotopic (exact) mass is 251 g/mol. The summed E-state index contributed by atoms with van der Waals surface area (Å²) in [4.78, 5) is 15.4. The Balaban J connectivity index is 2.24. The minimum Gasteiger partial charge on any atom is -0.295 e. The third-order valence-corrected chi connectivity index (χ3v) is 3.57. The fourth-order valence-corrected chi connectivity index (χ4v) is 2.43. The van der Waals surface area contributed by atoms with Crippen molar-refractivity contribution in [1.82, 2.24) is 0 Å². The molecule has 2 nitrogen and oxygen atoms in total. The van der Waals surface area contributed by atoms with Crippen LogP contribution in [0.2, 0.25) is 5.02 Å². The molecule has 0 atom stereocenters. The van der Waals surface area contributed by atoms with E-state index in [1.165, 1.54) is 0 Å². The van der Waals surface area contributed by atoms with Crippen molar-refractivity contribution in [1.29, 1.82) is 0 Å². The molecule has 0 saturated heterocycles. The van der Waals surface area contributed by atoms with E-state index in [0.717, 1.165) is 16.2 Å². The Kier molecular flexibility index (Phi) is 3.46. The second-order valence-electron chi connectivity index (χ2n) is 3.44. The van der Waals surface area contributed by atoms with Crippen LogP contribution in [0.1, 0.15) is 12.5 Å². The number of nitrogens with zero attached hydrogens (tertiary/aromatic N) is 1. The summed E-state index contributed by atoms with van der Waals surface area (Å²) in [5.74, 6) is 0.781. The van der Waals surface area contributed by atoms with Crippen molar-refractivity contribution in [2.45, 2.75) is 6.92 Å². The van der Waals surface area contributed by atoms with Gasteiger partial charge in [-0.2, -0.15) is 0 Å². The second-order valence-corrected chi connectivity index (χ2v) is 4.84. The highest BCUT2D eigenvalue weighted by Crippen LogP contribution is 2.23. The SMILES string of the molecule is CC(=O)C1=CN=C(c2ccc(Cl)cc2)SC1. The minimum atomic E-state index is 0.0893. The minimum absolute atomic E-state index is 0.0893. The lowest BCUT2D eigenvalue weighted by Gasteiger charge is -2.11. The summed E-state index contributed by atoms with van der Waals surface area (Å²) in [6.07, 6.45) is 1.66. The maximum absolute atomic E-state index is 11.1. The summed E-state index contributed by atoms with van der Waals surface area (Å²) < 4.78 is 0. The average molecular weight is 252 g/mol. The number of hydrogen-bond donors (Lipinski definition) is 0. The summed E-state index contributed by atoms with van der Waals surface area (Å²) in [5, 5.41) is 1.65. The van der Waals surface area contributed by atoms with Crippen LogP contribution in [0, 0.1) is 0 Å². The first-order valence-corrected chi connectivity index (χ1v) is 6.19. The zero-order valence-corrected chi connectivity index (χ0v) is 10.3. The Morgan fingerprint density at radius 3 is 2.56 bits per heavy atom. The molecule has 0 bridgehead atoms. The molecule has 0 N–H and O–H groups in total. The first-order chi connectivity index (χ1) is 7.66. The number of carbonyl (C=O) groups is 1. The van der Waals surface area contributed by atoms with Crippen LogP contribution in [-0.4, -0.2) is 16.6 Å². The molecular weight excluding hydrogens is 242 g/mol. The maximum Gasteiger partial charge on any atom is 0.158 e. The van der Waals surface area contributed by atoms with Gasteiger partial charge in [-0.25, -0.2) is 4.99 Å². The third-order valence-electron chi connectivity index (χ3n) is 2.25. The summed E-state index contributed by atoms with van der Waals surface area (Å²) in [5.41, 5.74) is 1.80. The summed E-state index contributed by atoms with van der Waals surface area (Å²) >= 11 is 7.39. The molecule has 1 aromatic carbocycles. The van der Waals surface area contributed by atoms with E-state index in [1.54, 1.807) is 24.9 Å². The molecule has 82 valence electrons. The van der Waals surface area contributed by atoms with Crippen molar-refractivity contribution in [2.24, 2.45) is 4.99 Å². The Morgan fingerprint density at radius 2 is 2.06 bits per heavy atom. The van der Waals surface area contributed by atoms with E-state index in [1.807, 2.05) is 24.3 Å². The number of halogens is 1. The summed E-state index contributed by atoms with van der Waals surface area (Å²) in [7, 11) is 0. The molecule has 0 aliphatic carbocycles. The molecule has 0 fully saturated rings. The zero-order valence-electron chi connectivity index (χ0n) is 8.74. The van der Waals surface area contributed by atoms with Gasteiger partial charge in [0, 0.05) is 28.1 Å². The smallest absolute Gasteiger partial charge is 0.158 e. The van der Waals surface area contributed by atoms with Gasteiger partial charge in [-0.1, -0.05) is 23.7 Å². The molecule has 2 rings (SSSR count). The maximum atomic E-state index is 11.1. The molecule has 16 heavy (non-hydrogen) atoms. The van der Waals surface area contributed by atoms with Crippen molar-refractivity contribution >= 4 is 34.2 Å². The Bertz CT molecular complexity index is 476. The average Bonchev–Trinajstić information content (AvgIpc) is 2.30. The van der Waals surface area contributed by atoms with Crippen LogP contribution in [0.4, 0.5) is 0 Å². The van der Waals surface area contributed by atoms with Gasteiger partial charge in [0.25, 0.3) is 0 Å². The normalized spacial score (nSPS) is 15.4. The van der Waals surface area contributed by atoms with Crippen molar-refractivity contribution in [3.05, 3.63) is 46.6 Å².